The zero-order chi connectivity index (χ0) is 12.1. The van der Waals surface area contributed by atoms with E-state index < -0.39 is 0 Å². The molecule has 0 heterocycles. The molecule has 1 fully saturated rings. The molecule has 1 saturated carbocycles. The van der Waals surface area contributed by atoms with E-state index in [1.165, 1.54) is 36.8 Å². The average molecular weight is 231 g/mol. The number of hydrogen-bond donors (Lipinski definition) is 1. The second kappa shape index (κ2) is 6.20. The van der Waals surface area contributed by atoms with Crippen LogP contribution in [-0.2, 0) is 12.8 Å². The molecule has 0 bridgehead atoms. The van der Waals surface area contributed by atoms with Crippen LogP contribution in [0, 0.1) is 5.92 Å². The van der Waals surface area contributed by atoms with Crippen LogP contribution in [0.3, 0.4) is 0 Å². The first-order valence-electron chi connectivity index (χ1n) is 7.14. The molecule has 0 saturated heterocycles. The monoisotopic (exact) mass is 231 g/mol. The van der Waals surface area contributed by atoms with Crippen LogP contribution < -0.4 is 5.32 Å². The number of benzene rings is 1. The van der Waals surface area contributed by atoms with Gasteiger partial charge < -0.3 is 5.32 Å². The van der Waals surface area contributed by atoms with Gasteiger partial charge in [-0.1, -0.05) is 38.1 Å². The van der Waals surface area contributed by atoms with Crippen molar-refractivity contribution in [2.45, 2.75) is 52.0 Å². The van der Waals surface area contributed by atoms with Gasteiger partial charge in [-0.2, -0.15) is 0 Å². The van der Waals surface area contributed by atoms with Gasteiger partial charge in [0, 0.05) is 6.04 Å². The Kier molecular flexibility index (Phi) is 4.61. The summed E-state index contributed by atoms with van der Waals surface area (Å²) in [5, 5.41) is 3.64. The fraction of sp³-hybridized carbons (Fsp3) is 0.625. The molecule has 1 unspecified atom stereocenters. The molecular formula is C16H25N. The molecular weight excluding hydrogens is 206 g/mol. The molecule has 1 aliphatic carbocycles. The Morgan fingerprint density at radius 2 is 2.00 bits per heavy atom. The van der Waals surface area contributed by atoms with Crippen molar-refractivity contribution in [2.24, 2.45) is 5.92 Å². The van der Waals surface area contributed by atoms with Crippen molar-refractivity contribution >= 4 is 0 Å². The van der Waals surface area contributed by atoms with Crippen LogP contribution >= 0.6 is 0 Å². The van der Waals surface area contributed by atoms with Gasteiger partial charge in [-0.05, 0) is 55.7 Å². The van der Waals surface area contributed by atoms with Gasteiger partial charge >= 0.3 is 0 Å². The van der Waals surface area contributed by atoms with E-state index >= 15 is 0 Å². The molecule has 0 spiro atoms. The summed E-state index contributed by atoms with van der Waals surface area (Å²) in [7, 11) is 0. The summed E-state index contributed by atoms with van der Waals surface area (Å²) in [5.41, 5.74) is 2.97. The van der Waals surface area contributed by atoms with E-state index in [9.17, 15) is 0 Å². The molecule has 1 heteroatoms. The zero-order valence-electron chi connectivity index (χ0n) is 11.2. The normalized spacial score (nSPS) is 17.1. The summed E-state index contributed by atoms with van der Waals surface area (Å²) in [5.74, 6) is 0.962. The highest BCUT2D eigenvalue weighted by Crippen LogP contribution is 2.34. The lowest BCUT2D eigenvalue weighted by molar-refractivity contribution is 0.446. The van der Waals surface area contributed by atoms with E-state index in [2.05, 4.69) is 43.4 Å². The van der Waals surface area contributed by atoms with Crippen LogP contribution in [0.2, 0.25) is 0 Å². The lowest BCUT2D eigenvalue weighted by Gasteiger charge is -2.17. The zero-order valence-corrected chi connectivity index (χ0v) is 11.2. The van der Waals surface area contributed by atoms with E-state index in [0.29, 0.717) is 0 Å². The Balaban J connectivity index is 1.86. The van der Waals surface area contributed by atoms with E-state index in [-0.39, 0.29) is 0 Å². The summed E-state index contributed by atoms with van der Waals surface area (Å²) in [6.07, 6.45) is 6.54. The van der Waals surface area contributed by atoms with E-state index in [4.69, 9.17) is 0 Å². The topological polar surface area (TPSA) is 12.0 Å². The SMILES string of the molecule is CCNC(CCc1cccc(CC)c1)C1CC1. The number of rotatable bonds is 7. The lowest BCUT2D eigenvalue weighted by Crippen LogP contribution is -2.31. The minimum absolute atomic E-state index is 0.755. The second-order valence-corrected chi connectivity index (χ2v) is 5.21. The first-order chi connectivity index (χ1) is 8.33. The minimum atomic E-state index is 0.755. The summed E-state index contributed by atoms with van der Waals surface area (Å²) in [4.78, 5) is 0. The van der Waals surface area contributed by atoms with Crippen molar-refractivity contribution < 1.29 is 0 Å². The number of nitrogens with one attached hydrogen (secondary N) is 1. The van der Waals surface area contributed by atoms with Gasteiger partial charge in [-0.3, -0.25) is 0 Å². The largest absolute Gasteiger partial charge is 0.314 e. The van der Waals surface area contributed by atoms with Gasteiger partial charge in [-0.15, -0.1) is 0 Å². The molecule has 0 aliphatic heterocycles. The molecule has 94 valence electrons. The molecule has 0 aromatic heterocycles. The Bertz CT molecular complexity index is 341. The van der Waals surface area contributed by atoms with Crippen LogP contribution in [-0.4, -0.2) is 12.6 Å². The van der Waals surface area contributed by atoms with Crippen LogP contribution in [0.5, 0.6) is 0 Å². The molecule has 1 aliphatic rings. The summed E-state index contributed by atoms with van der Waals surface area (Å²) in [6.45, 7) is 5.55. The molecule has 1 N–H and O–H groups in total. The summed E-state index contributed by atoms with van der Waals surface area (Å²) >= 11 is 0. The average Bonchev–Trinajstić information content (AvgIpc) is 3.19. The highest BCUT2D eigenvalue weighted by atomic mass is 14.9. The van der Waals surface area contributed by atoms with E-state index in [1.807, 2.05) is 0 Å². The molecule has 1 aromatic carbocycles. The smallest absolute Gasteiger partial charge is 0.00983 e. The van der Waals surface area contributed by atoms with Gasteiger partial charge in [0.15, 0.2) is 0 Å². The van der Waals surface area contributed by atoms with E-state index in [0.717, 1.165) is 24.9 Å². The molecule has 0 radical (unpaired) electrons. The Hall–Kier alpha value is -0.820. The molecule has 1 nitrogen and oxygen atoms in total. The maximum absolute atomic E-state index is 3.64. The fourth-order valence-electron chi connectivity index (χ4n) is 2.59. The first-order valence-corrected chi connectivity index (χ1v) is 7.14. The second-order valence-electron chi connectivity index (χ2n) is 5.21. The third-order valence-corrected chi connectivity index (χ3v) is 3.80. The van der Waals surface area contributed by atoms with Crippen LogP contribution in [0.15, 0.2) is 24.3 Å². The molecule has 1 aromatic rings. The lowest BCUT2D eigenvalue weighted by atomic mass is 10.00. The maximum atomic E-state index is 3.64. The minimum Gasteiger partial charge on any atom is -0.314 e. The number of hydrogen-bond acceptors (Lipinski definition) is 1. The van der Waals surface area contributed by atoms with Crippen molar-refractivity contribution in [1.29, 1.82) is 0 Å². The van der Waals surface area contributed by atoms with Gasteiger partial charge in [0.05, 0.1) is 0 Å². The van der Waals surface area contributed by atoms with Crippen LogP contribution in [0.25, 0.3) is 0 Å². The van der Waals surface area contributed by atoms with Gasteiger partial charge in [0.2, 0.25) is 0 Å². The highest BCUT2D eigenvalue weighted by Gasteiger charge is 2.29. The molecule has 2 rings (SSSR count). The van der Waals surface area contributed by atoms with Gasteiger partial charge in [-0.25, -0.2) is 0 Å². The Labute approximate surface area is 106 Å². The standard InChI is InChI=1S/C16H25N/c1-3-13-6-5-7-14(12-13)8-11-16(17-4-2)15-9-10-15/h5-7,12,15-17H,3-4,8-11H2,1-2H3. The molecule has 1 atom stereocenters. The van der Waals surface area contributed by atoms with E-state index in [1.54, 1.807) is 0 Å². The van der Waals surface area contributed by atoms with Gasteiger partial charge in [0.1, 0.15) is 0 Å². The van der Waals surface area contributed by atoms with Crippen molar-refractivity contribution in [1.82, 2.24) is 5.32 Å². The maximum Gasteiger partial charge on any atom is 0.00983 e. The predicted octanol–water partition coefficient (Wildman–Crippen LogP) is 3.57. The van der Waals surface area contributed by atoms with Crippen molar-refractivity contribution in [3.63, 3.8) is 0 Å². The quantitative estimate of drug-likeness (QED) is 0.756. The van der Waals surface area contributed by atoms with Crippen molar-refractivity contribution in [2.75, 3.05) is 6.54 Å². The summed E-state index contributed by atoms with van der Waals surface area (Å²) < 4.78 is 0. The third kappa shape index (κ3) is 3.85. The van der Waals surface area contributed by atoms with Crippen LogP contribution in [0.4, 0.5) is 0 Å². The molecule has 0 amide bonds. The van der Waals surface area contributed by atoms with Crippen LogP contribution in [0.1, 0.15) is 44.2 Å². The Morgan fingerprint density at radius 1 is 1.24 bits per heavy atom. The summed E-state index contributed by atoms with van der Waals surface area (Å²) in [6, 6.07) is 9.83. The fourth-order valence-corrected chi connectivity index (χ4v) is 2.59. The van der Waals surface area contributed by atoms with Crippen molar-refractivity contribution in [3.8, 4) is 0 Å². The van der Waals surface area contributed by atoms with Crippen molar-refractivity contribution in [3.05, 3.63) is 35.4 Å². The Morgan fingerprint density at radius 3 is 2.65 bits per heavy atom. The molecule has 17 heavy (non-hydrogen) atoms. The predicted molar refractivity (Wildman–Crippen MR) is 74.3 cm³/mol. The first kappa shape index (κ1) is 12.6. The number of aryl methyl sites for hydroxylation is 2. The third-order valence-electron chi connectivity index (χ3n) is 3.80. The highest BCUT2D eigenvalue weighted by molar-refractivity contribution is 5.23. The van der Waals surface area contributed by atoms with Gasteiger partial charge in [0.25, 0.3) is 0 Å².